The second-order valence-corrected chi connectivity index (χ2v) is 22.1. The van der Waals surface area contributed by atoms with Gasteiger partial charge in [0.15, 0.2) is 0 Å². The lowest BCUT2D eigenvalue weighted by molar-refractivity contribution is 0.483. The molecule has 6 heteroatoms. The van der Waals surface area contributed by atoms with Crippen LogP contribution in [-0.4, -0.2) is 16.2 Å². The van der Waals surface area contributed by atoms with Crippen molar-refractivity contribution in [3.05, 3.63) is 181 Å². The Kier molecular flexibility index (Phi) is 9.72. The van der Waals surface area contributed by atoms with Gasteiger partial charge in [-0.05, 0) is 135 Å². The standard InChI is InChI=1S/C60H56N4OS/c1-58(2,3)40-27-28-61-57(34-40)64-51-25-21-38(39-22-26-56-50(30-39)48-17-10-13-20-55(48)66-56)29-49(51)47-24-23-46(36-54(47)64)65-45-16-14-15-43(35-45)62-37-63(53-19-12-11-18-52(53)62)44-32-41(59(4,5)6)31-42(33-44)60(7,8)9/h10-36H,37H2,1-9H3. The average molecular weight is 881 g/mol. The minimum Gasteiger partial charge on any atom is -0.457 e. The van der Waals surface area contributed by atoms with E-state index < -0.39 is 0 Å². The van der Waals surface area contributed by atoms with E-state index in [1.807, 2.05) is 17.5 Å². The molecule has 1 aliphatic rings. The molecule has 0 amide bonds. The Morgan fingerprint density at radius 1 is 0.455 bits per heavy atom. The fraction of sp³-hybridized carbons (Fsp3) is 0.217. The van der Waals surface area contributed by atoms with E-state index in [0.29, 0.717) is 6.67 Å². The molecular formula is C60H56N4OS. The number of fused-ring (bicyclic) bond motifs is 7. The number of pyridine rings is 1. The van der Waals surface area contributed by atoms with Crippen molar-refractivity contribution in [1.29, 1.82) is 0 Å². The zero-order valence-corrected chi connectivity index (χ0v) is 40.2. The molecule has 5 nitrogen and oxygen atoms in total. The molecule has 11 rings (SSSR count). The van der Waals surface area contributed by atoms with Crippen molar-refractivity contribution in [3.63, 3.8) is 0 Å². The Morgan fingerprint density at radius 3 is 1.82 bits per heavy atom. The van der Waals surface area contributed by atoms with Gasteiger partial charge in [-0.15, -0.1) is 11.3 Å². The number of para-hydroxylation sites is 2. The molecule has 0 spiro atoms. The molecule has 0 N–H and O–H groups in total. The quantitative estimate of drug-likeness (QED) is 0.167. The summed E-state index contributed by atoms with van der Waals surface area (Å²) in [7, 11) is 0. The highest BCUT2D eigenvalue weighted by Gasteiger charge is 2.30. The van der Waals surface area contributed by atoms with E-state index in [-0.39, 0.29) is 16.2 Å². The van der Waals surface area contributed by atoms with Crippen LogP contribution >= 0.6 is 11.3 Å². The minimum atomic E-state index is -0.0356. The second kappa shape index (κ2) is 15.4. The number of ether oxygens (including phenoxy) is 1. The van der Waals surface area contributed by atoms with Crippen molar-refractivity contribution >= 4 is 76.1 Å². The Hall–Kier alpha value is -6.89. The van der Waals surface area contributed by atoms with E-state index in [2.05, 4.69) is 234 Å². The molecule has 0 aliphatic carbocycles. The molecule has 1 aliphatic heterocycles. The monoisotopic (exact) mass is 880 g/mol. The first-order valence-corrected chi connectivity index (χ1v) is 23.9. The Labute approximate surface area is 392 Å². The number of benzene rings is 7. The number of hydrogen-bond donors (Lipinski definition) is 0. The van der Waals surface area contributed by atoms with Gasteiger partial charge in [0.2, 0.25) is 0 Å². The Balaban J connectivity index is 0.975. The lowest BCUT2D eigenvalue weighted by Crippen LogP contribution is -2.25. The number of nitrogens with zero attached hydrogens (tertiary/aromatic N) is 4. The van der Waals surface area contributed by atoms with Crippen LogP contribution in [0.15, 0.2) is 164 Å². The molecule has 66 heavy (non-hydrogen) atoms. The zero-order chi connectivity index (χ0) is 45.7. The zero-order valence-electron chi connectivity index (χ0n) is 39.4. The van der Waals surface area contributed by atoms with Gasteiger partial charge in [0.05, 0.1) is 22.4 Å². The average Bonchev–Trinajstić information content (AvgIpc) is 3.97. The third kappa shape index (κ3) is 7.38. The van der Waals surface area contributed by atoms with E-state index in [9.17, 15) is 0 Å². The minimum absolute atomic E-state index is 0.0173. The topological polar surface area (TPSA) is 33.5 Å². The van der Waals surface area contributed by atoms with Crippen molar-refractivity contribution in [2.75, 3.05) is 16.5 Å². The Bertz CT molecular complexity index is 3490. The molecule has 0 saturated carbocycles. The highest BCUT2D eigenvalue weighted by Crippen LogP contribution is 2.47. The predicted octanol–water partition coefficient (Wildman–Crippen LogP) is 17.1. The molecule has 4 heterocycles. The molecule has 0 radical (unpaired) electrons. The van der Waals surface area contributed by atoms with Crippen LogP contribution in [0.3, 0.4) is 0 Å². The maximum atomic E-state index is 6.85. The molecule has 0 atom stereocenters. The van der Waals surface area contributed by atoms with Crippen molar-refractivity contribution in [2.45, 2.75) is 78.6 Å². The van der Waals surface area contributed by atoms with Crippen LogP contribution in [0.4, 0.5) is 22.7 Å². The Morgan fingerprint density at radius 2 is 1.09 bits per heavy atom. The van der Waals surface area contributed by atoms with Crippen LogP contribution in [0.1, 0.15) is 79.0 Å². The van der Waals surface area contributed by atoms with Gasteiger partial charge < -0.3 is 14.5 Å². The maximum Gasteiger partial charge on any atom is 0.137 e. The van der Waals surface area contributed by atoms with Gasteiger partial charge in [-0.3, -0.25) is 4.57 Å². The largest absolute Gasteiger partial charge is 0.457 e. The third-order valence-electron chi connectivity index (χ3n) is 13.4. The lowest BCUT2D eigenvalue weighted by Gasteiger charge is -2.29. The van der Waals surface area contributed by atoms with Gasteiger partial charge in [0, 0.05) is 60.6 Å². The highest BCUT2D eigenvalue weighted by molar-refractivity contribution is 7.25. The second-order valence-electron chi connectivity index (χ2n) is 21.1. The summed E-state index contributed by atoms with van der Waals surface area (Å²) in [5, 5.41) is 4.94. The first-order valence-electron chi connectivity index (χ1n) is 23.1. The summed E-state index contributed by atoms with van der Waals surface area (Å²) < 4.78 is 11.8. The first-order chi connectivity index (χ1) is 31.6. The predicted molar refractivity (Wildman–Crippen MR) is 282 cm³/mol. The fourth-order valence-electron chi connectivity index (χ4n) is 9.54. The number of hydrogen-bond acceptors (Lipinski definition) is 5. The van der Waals surface area contributed by atoms with Crippen molar-refractivity contribution < 1.29 is 4.74 Å². The number of aromatic nitrogens is 2. The smallest absolute Gasteiger partial charge is 0.137 e. The molecule has 10 aromatic rings. The van der Waals surface area contributed by atoms with Crippen LogP contribution in [-0.2, 0) is 16.2 Å². The SMILES string of the molecule is CC(C)(C)c1cc(N2CN(c3cccc(Oc4ccc5c6cc(-c7ccc8sc9ccccc9c8c7)ccc6n(-c6cc(C(C)(C)C)ccn6)c5c4)c3)c3ccccc32)cc(C(C)(C)C)c1. The molecule has 0 unspecified atom stereocenters. The normalized spacial score (nSPS) is 13.4. The van der Waals surface area contributed by atoms with Gasteiger partial charge >= 0.3 is 0 Å². The summed E-state index contributed by atoms with van der Waals surface area (Å²) in [6, 6.07) is 57.7. The maximum absolute atomic E-state index is 6.85. The lowest BCUT2D eigenvalue weighted by atomic mass is 9.80. The van der Waals surface area contributed by atoms with Crippen LogP contribution in [0.5, 0.6) is 11.5 Å². The molecule has 0 bridgehead atoms. The van der Waals surface area contributed by atoms with Gasteiger partial charge in [-0.1, -0.05) is 117 Å². The van der Waals surface area contributed by atoms with Gasteiger partial charge in [-0.25, -0.2) is 4.98 Å². The number of rotatable bonds is 6. The molecule has 0 fully saturated rings. The molecule has 7 aromatic carbocycles. The van der Waals surface area contributed by atoms with Crippen molar-refractivity contribution in [3.8, 4) is 28.4 Å². The van der Waals surface area contributed by atoms with E-state index in [4.69, 9.17) is 9.72 Å². The van der Waals surface area contributed by atoms with Crippen LogP contribution < -0.4 is 14.5 Å². The van der Waals surface area contributed by atoms with Crippen LogP contribution in [0.2, 0.25) is 0 Å². The van der Waals surface area contributed by atoms with Gasteiger partial charge in [0.1, 0.15) is 24.0 Å². The fourth-order valence-corrected chi connectivity index (χ4v) is 10.6. The summed E-state index contributed by atoms with van der Waals surface area (Å²) in [5.41, 5.74) is 13.1. The van der Waals surface area contributed by atoms with Gasteiger partial charge in [-0.2, -0.15) is 0 Å². The van der Waals surface area contributed by atoms with Crippen molar-refractivity contribution in [1.82, 2.24) is 9.55 Å². The van der Waals surface area contributed by atoms with Crippen molar-refractivity contribution in [2.24, 2.45) is 0 Å². The summed E-state index contributed by atoms with van der Waals surface area (Å²) in [5.74, 6) is 2.44. The molecule has 328 valence electrons. The number of thiophene rings is 1. The summed E-state index contributed by atoms with van der Waals surface area (Å²) in [6.07, 6.45) is 1.94. The van der Waals surface area contributed by atoms with E-state index in [1.165, 1.54) is 70.4 Å². The van der Waals surface area contributed by atoms with Gasteiger partial charge in [0.25, 0.3) is 0 Å². The third-order valence-corrected chi connectivity index (χ3v) is 14.5. The molecular weight excluding hydrogens is 825 g/mol. The summed E-state index contributed by atoms with van der Waals surface area (Å²) >= 11 is 1.85. The summed E-state index contributed by atoms with van der Waals surface area (Å²) in [4.78, 5) is 9.85. The number of anilines is 4. The molecule has 3 aromatic heterocycles. The van der Waals surface area contributed by atoms with Crippen LogP contribution in [0.25, 0.3) is 58.9 Å². The van der Waals surface area contributed by atoms with E-state index >= 15 is 0 Å². The molecule has 0 saturated heterocycles. The highest BCUT2D eigenvalue weighted by atomic mass is 32.1. The van der Waals surface area contributed by atoms with Crippen LogP contribution in [0, 0.1) is 0 Å². The summed E-state index contributed by atoms with van der Waals surface area (Å²) in [6.45, 7) is 21.3. The van der Waals surface area contributed by atoms with E-state index in [1.54, 1.807) is 0 Å². The van der Waals surface area contributed by atoms with E-state index in [0.717, 1.165) is 39.4 Å². The first kappa shape index (κ1) is 41.8.